The van der Waals surface area contributed by atoms with E-state index >= 15 is 0 Å². The molecule has 0 saturated carbocycles. The molecule has 1 aromatic rings. The van der Waals surface area contributed by atoms with Crippen molar-refractivity contribution in [3.63, 3.8) is 0 Å². The Bertz CT molecular complexity index is 557. The Morgan fingerprint density at radius 2 is 1.81 bits per heavy atom. The van der Waals surface area contributed by atoms with Crippen LogP contribution in [0.4, 0.5) is 0 Å². The summed E-state index contributed by atoms with van der Waals surface area (Å²) < 4.78 is 4.67. The molecule has 0 fully saturated rings. The first kappa shape index (κ1) is 16.7. The molecular formula is C17H21NO3. The molecular weight excluding hydrogens is 266 g/mol. The first-order chi connectivity index (χ1) is 9.93. The van der Waals surface area contributed by atoms with E-state index in [4.69, 9.17) is 0 Å². The van der Waals surface area contributed by atoms with Crippen LogP contribution in [0.25, 0.3) is 6.08 Å². The first-order valence-electron chi connectivity index (χ1n) is 6.79. The maximum atomic E-state index is 12.1. The van der Waals surface area contributed by atoms with Gasteiger partial charge in [0.2, 0.25) is 0 Å². The zero-order valence-corrected chi connectivity index (χ0v) is 12.8. The number of nitrogens with one attached hydrogen (secondary N) is 1. The Balaban J connectivity index is 2.87. The molecule has 4 heteroatoms. The zero-order valence-electron chi connectivity index (χ0n) is 12.8. The maximum absolute atomic E-state index is 12.1. The second-order valence-corrected chi connectivity index (χ2v) is 5.01. The van der Waals surface area contributed by atoms with Gasteiger partial charge in [-0.2, -0.15) is 0 Å². The number of allylic oxidation sites excluding steroid dienone is 1. The molecule has 21 heavy (non-hydrogen) atoms. The summed E-state index contributed by atoms with van der Waals surface area (Å²) in [5, 5.41) is 2.60. The average Bonchev–Trinajstić information content (AvgIpc) is 2.46. The lowest BCUT2D eigenvalue weighted by Gasteiger charge is -2.09. The van der Waals surface area contributed by atoms with E-state index in [1.54, 1.807) is 19.1 Å². The Kier molecular flexibility index (Phi) is 6.40. The number of esters is 1. The van der Waals surface area contributed by atoms with Crippen molar-refractivity contribution in [2.75, 3.05) is 7.11 Å². The van der Waals surface area contributed by atoms with Crippen molar-refractivity contribution in [2.45, 2.75) is 20.8 Å². The fraction of sp³-hybridized carbons (Fsp3) is 0.294. The Labute approximate surface area is 125 Å². The molecule has 0 unspecified atom stereocenters. The molecule has 0 atom stereocenters. The summed E-state index contributed by atoms with van der Waals surface area (Å²) in [6, 6.07) is 9.52. The standard InChI is InChI=1S/C17H21NO3/c1-12(2)10-15(17(20)21-4)18-16(19)13(3)11-14-8-6-5-7-9-14/h5-12H,1-4H3,(H,18,19)/b13-11+,15-10+. The minimum absolute atomic E-state index is 0.123. The van der Waals surface area contributed by atoms with Gasteiger partial charge in [-0.1, -0.05) is 50.3 Å². The topological polar surface area (TPSA) is 55.4 Å². The van der Waals surface area contributed by atoms with E-state index in [-0.39, 0.29) is 17.5 Å². The lowest BCUT2D eigenvalue weighted by atomic mass is 10.1. The van der Waals surface area contributed by atoms with Gasteiger partial charge in [0.05, 0.1) is 7.11 Å². The molecule has 1 aromatic carbocycles. The summed E-state index contributed by atoms with van der Waals surface area (Å²) in [4.78, 5) is 23.8. The number of carbonyl (C=O) groups excluding carboxylic acids is 2. The number of benzene rings is 1. The number of ether oxygens (including phenoxy) is 1. The minimum atomic E-state index is -0.551. The molecule has 1 rings (SSSR count). The molecule has 112 valence electrons. The van der Waals surface area contributed by atoms with E-state index in [9.17, 15) is 9.59 Å². The van der Waals surface area contributed by atoms with Crippen LogP contribution in [0.3, 0.4) is 0 Å². The van der Waals surface area contributed by atoms with E-state index in [1.165, 1.54) is 7.11 Å². The summed E-state index contributed by atoms with van der Waals surface area (Å²) in [7, 11) is 1.29. The third-order valence-electron chi connectivity index (χ3n) is 2.69. The van der Waals surface area contributed by atoms with Gasteiger partial charge in [0.25, 0.3) is 5.91 Å². The molecule has 0 aliphatic rings. The lowest BCUT2D eigenvalue weighted by Crippen LogP contribution is -2.29. The van der Waals surface area contributed by atoms with Crippen LogP contribution in [-0.4, -0.2) is 19.0 Å². The fourth-order valence-corrected chi connectivity index (χ4v) is 1.69. The summed E-state index contributed by atoms with van der Waals surface area (Å²) in [6.45, 7) is 5.54. The van der Waals surface area contributed by atoms with Crippen LogP contribution in [0.1, 0.15) is 26.3 Å². The Hall–Kier alpha value is -2.36. The van der Waals surface area contributed by atoms with Crippen LogP contribution in [0, 0.1) is 5.92 Å². The van der Waals surface area contributed by atoms with E-state index in [2.05, 4.69) is 10.1 Å². The second kappa shape index (κ2) is 8.04. The van der Waals surface area contributed by atoms with Gasteiger partial charge in [-0.15, -0.1) is 0 Å². The lowest BCUT2D eigenvalue weighted by molar-refractivity contribution is -0.137. The smallest absolute Gasteiger partial charge is 0.354 e. The van der Waals surface area contributed by atoms with Crippen LogP contribution >= 0.6 is 0 Å². The number of carbonyl (C=O) groups is 2. The Morgan fingerprint density at radius 1 is 1.19 bits per heavy atom. The van der Waals surface area contributed by atoms with Crippen LogP contribution in [0.5, 0.6) is 0 Å². The van der Waals surface area contributed by atoms with Crippen LogP contribution in [-0.2, 0) is 14.3 Å². The highest BCUT2D eigenvalue weighted by Crippen LogP contribution is 2.08. The number of amides is 1. The van der Waals surface area contributed by atoms with Crippen molar-refractivity contribution >= 4 is 18.0 Å². The van der Waals surface area contributed by atoms with Crippen molar-refractivity contribution in [1.82, 2.24) is 5.32 Å². The van der Waals surface area contributed by atoms with Crippen LogP contribution < -0.4 is 5.32 Å². The molecule has 1 amide bonds. The monoisotopic (exact) mass is 287 g/mol. The summed E-state index contributed by atoms with van der Waals surface area (Å²) >= 11 is 0. The minimum Gasteiger partial charge on any atom is -0.464 e. The number of rotatable bonds is 5. The van der Waals surface area contributed by atoms with Gasteiger partial charge in [-0.25, -0.2) is 4.79 Å². The molecule has 0 aliphatic carbocycles. The van der Waals surface area contributed by atoms with Gasteiger partial charge in [0.15, 0.2) is 0 Å². The molecule has 0 heterocycles. The maximum Gasteiger partial charge on any atom is 0.354 e. The van der Waals surface area contributed by atoms with E-state index < -0.39 is 5.97 Å². The van der Waals surface area contributed by atoms with E-state index in [0.29, 0.717) is 5.57 Å². The molecule has 1 N–H and O–H groups in total. The van der Waals surface area contributed by atoms with Crippen LogP contribution in [0.2, 0.25) is 0 Å². The van der Waals surface area contributed by atoms with Crippen molar-refractivity contribution in [1.29, 1.82) is 0 Å². The molecule has 0 radical (unpaired) electrons. The highest BCUT2D eigenvalue weighted by Gasteiger charge is 2.14. The summed E-state index contributed by atoms with van der Waals surface area (Å²) in [5.41, 5.74) is 1.61. The van der Waals surface area contributed by atoms with E-state index in [1.807, 2.05) is 44.2 Å². The summed E-state index contributed by atoms with van der Waals surface area (Å²) in [6.07, 6.45) is 3.43. The molecule has 0 saturated heterocycles. The third-order valence-corrected chi connectivity index (χ3v) is 2.69. The fourth-order valence-electron chi connectivity index (χ4n) is 1.69. The zero-order chi connectivity index (χ0) is 15.8. The second-order valence-electron chi connectivity index (χ2n) is 5.01. The van der Waals surface area contributed by atoms with Gasteiger partial charge in [0, 0.05) is 5.57 Å². The van der Waals surface area contributed by atoms with Crippen molar-refractivity contribution < 1.29 is 14.3 Å². The van der Waals surface area contributed by atoms with Crippen molar-refractivity contribution in [3.8, 4) is 0 Å². The van der Waals surface area contributed by atoms with Gasteiger partial charge >= 0.3 is 5.97 Å². The number of methoxy groups -OCH3 is 1. The first-order valence-corrected chi connectivity index (χ1v) is 6.79. The molecule has 0 spiro atoms. The van der Waals surface area contributed by atoms with Gasteiger partial charge in [0.1, 0.15) is 5.70 Å². The SMILES string of the molecule is COC(=O)/C(=C\C(C)C)NC(=O)/C(C)=C/c1ccccc1. The number of hydrogen-bond donors (Lipinski definition) is 1. The van der Waals surface area contributed by atoms with Crippen molar-refractivity contribution in [3.05, 3.63) is 53.2 Å². The average molecular weight is 287 g/mol. The predicted molar refractivity (Wildman–Crippen MR) is 83.2 cm³/mol. The highest BCUT2D eigenvalue weighted by molar-refractivity contribution is 6.02. The normalized spacial score (nSPS) is 12.2. The quantitative estimate of drug-likeness (QED) is 0.669. The van der Waals surface area contributed by atoms with Gasteiger partial charge in [-0.05, 0) is 24.5 Å². The Morgan fingerprint density at radius 3 is 2.33 bits per heavy atom. The van der Waals surface area contributed by atoms with Gasteiger partial charge in [-0.3, -0.25) is 4.79 Å². The predicted octanol–water partition coefficient (Wildman–Crippen LogP) is 2.92. The third kappa shape index (κ3) is 5.65. The largest absolute Gasteiger partial charge is 0.464 e. The number of hydrogen-bond acceptors (Lipinski definition) is 3. The van der Waals surface area contributed by atoms with Crippen LogP contribution in [0.15, 0.2) is 47.7 Å². The van der Waals surface area contributed by atoms with Crippen molar-refractivity contribution in [2.24, 2.45) is 5.92 Å². The summed E-state index contributed by atoms with van der Waals surface area (Å²) in [5.74, 6) is -0.751. The highest BCUT2D eigenvalue weighted by atomic mass is 16.5. The molecule has 4 nitrogen and oxygen atoms in total. The molecule has 0 aliphatic heterocycles. The van der Waals surface area contributed by atoms with Gasteiger partial charge < -0.3 is 10.1 Å². The molecule has 0 aromatic heterocycles. The molecule has 0 bridgehead atoms. The van der Waals surface area contributed by atoms with E-state index in [0.717, 1.165) is 5.56 Å².